The maximum Gasteiger partial charge on any atom is 0.254 e. The summed E-state index contributed by atoms with van der Waals surface area (Å²) in [5.41, 5.74) is 2.78. The van der Waals surface area contributed by atoms with Gasteiger partial charge in [0.2, 0.25) is 0 Å². The normalized spacial score (nSPS) is 15.0. The lowest BCUT2D eigenvalue weighted by molar-refractivity contribution is 0.0589. The zero-order chi connectivity index (χ0) is 22.5. The molecule has 3 aromatic rings. The largest absolute Gasteiger partial charge is 0.497 e. The zero-order valence-electron chi connectivity index (χ0n) is 18.5. The molecule has 1 heterocycles. The highest BCUT2D eigenvalue weighted by atomic mass is 16.5. The molecule has 1 unspecified atom stereocenters. The van der Waals surface area contributed by atoms with E-state index in [0.29, 0.717) is 36.0 Å². The molecule has 3 aromatic carbocycles. The lowest BCUT2D eigenvalue weighted by Gasteiger charge is -2.37. The van der Waals surface area contributed by atoms with Crippen LogP contribution in [0.25, 0.3) is 0 Å². The Hall–Kier alpha value is -3.67. The fourth-order valence-corrected chi connectivity index (χ4v) is 4.06. The fraction of sp³-hybridized carbons (Fsp3) is 0.269. The highest BCUT2D eigenvalue weighted by Gasteiger charge is 2.33. The minimum absolute atomic E-state index is 0.0229. The van der Waals surface area contributed by atoms with Gasteiger partial charge in [0.15, 0.2) is 11.5 Å². The van der Waals surface area contributed by atoms with Crippen LogP contribution in [0.2, 0.25) is 0 Å². The molecule has 1 amide bonds. The quantitative estimate of drug-likeness (QED) is 0.548. The molecule has 6 heteroatoms. The molecule has 0 saturated heterocycles. The smallest absolute Gasteiger partial charge is 0.254 e. The molecule has 0 spiro atoms. The average Bonchev–Trinajstić information content (AvgIpc) is 2.86. The van der Waals surface area contributed by atoms with Crippen molar-refractivity contribution in [3.05, 3.63) is 83.4 Å². The molecule has 0 saturated carbocycles. The molecule has 0 radical (unpaired) electrons. The predicted molar refractivity (Wildman–Crippen MR) is 122 cm³/mol. The zero-order valence-corrected chi connectivity index (χ0v) is 18.5. The molecule has 6 nitrogen and oxygen atoms in total. The molecule has 0 fully saturated rings. The summed E-state index contributed by atoms with van der Waals surface area (Å²) in [5.74, 6) is 2.69. The standard InChI is InChI=1S/C26H27NO5/c1-29-20-10-7-11-21(15-20)32-17-23-22-16-25(31-3)24(30-2)14-19(22)12-13-27(23)26(28)18-8-5-4-6-9-18/h4-11,14-16,23H,12-13,17H2,1-3H3. The molecule has 0 N–H and O–H groups in total. The first-order valence-corrected chi connectivity index (χ1v) is 10.5. The molecular weight excluding hydrogens is 406 g/mol. The van der Waals surface area contributed by atoms with Crippen molar-refractivity contribution >= 4 is 5.91 Å². The molecule has 0 aliphatic carbocycles. The summed E-state index contributed by atoms with van der Waals surface area (Å²) in [7, 11) is 4.86. The molecule has 1 atom stereocenters. The first-order valence-electron chi connectivity index (χ1n) is 10.5. The van der Waals surface area contributed by atoms with Crippen molar-refractivity contribution in [1.29, 1.82) is 0 Å². The Labute approximate surface area is 188 Å². The number of methoxy groups -OCH3 is 3. The van der Waals surface area contributed by atoms with Crippen LogP contribution in [0.1, 0.15) is 27.5 Å². The molecule has 166 valence electrons. The van der Waals surface area contributed by atoms with Crippen LogP contribution in [0.5, 0.6) is 23.0 Å². The van der Waals surface area contributed by atoms with Gasteiger partial charge >= 0.3 is 0 Å². The van der Waals surface area contributed by atoms with Gasteiger partial charge in [0.1, 0.15) is 18.1 Å². The van der Waals surface area contributed by atoms with Gasteiger partial charge in [-0.3, -0.25) is 4.79 Å². The maximum atomic E-state index is 13.4. The Morgan fingerprint density at radius 1 is 0.875 bits per heavy atom. The first kappa shape index (κ1) is 21.6. The number of amides is 1. The van der Waals surface area contributed by atoms with Crippen molar-refractivity contribution in [2.24, 2.45) is 0 Å². The summed E-state index contributed by atoms with van der Waals surface area (Å²) in [6, 6.07) is 20.5. The fourth-order valence-electron chi connectivity index (χ4n) is 4.06. The Balaban J connectivity index is 1.69. The molecule has 1 aliphatic rings. The third kappa shape index (κ3) is 4.35. The van der Waals surface area contributed by atoms with Crippen molar-refractivity contribution in [3.63, 3.8) is 0 Å². The van der Waals surface area contributed by atoms with Gasteiger partial charge in [0.25, 0.3) is 5.91 Å². The Morgan fingerprint density at radius 3 is 2.31 bits per heavy atom. The molecule has 32 heavy (non-hydrogen) atoms. The minimum Gasteiger partial charge on any atom is -0.497 e. The number of hydrogen-bond acceptors (Lipinski definition) is 5. The third-order valence-corrected chi connectivity index (χ3v) is 5.73. The second-order valence-corrected chi connectivity index (χ2v) is 7.53. The number of benzene rings is 3. The van der Waals surface area contributed by atoms with E-state index in [2.05, 4.69) is 0 Å². The van der Waals surface area contributed by atoms with Gasteiger partial charge in [0.05, 0.1) is 27.4 Å². The number of fused-ring (bicyclic) bond motifs is 1. The van der Waals surface area contributed by atoms with E-state index < -0.39 is 0 Å². The van der Waals surface area contributed by atoms with E-state index in [9.17, 15) is 4.79 Å². The second-order valence-electron chi connectivity index (χ2n) is 7.53. The highest BCUT2D eigenvalue weighted by Crippen LogP contribution is 2.39. The lowest BCUT2D eigenvalue weighted by atomic mass is 9.91. The van der Waals surface area contributed by atoms with Crippen molar-refractivity contribution in [2.45, 2.75) is 12.5 Å². The third-order valence-electron chi connectivity index (χ3n) is 5.73. The van der Waals surface area contributed by atoms with Crippen molar-refractivity contribution in [2.75, 3.05) is 34.5 Å². The van der Waals surface area contributed by atoms with Gasteiger partial charge in [-0.2, -0.15) is 0 Å². The van der Waals surface area contributed by atoms with E-state index in [0.717, 1.165) is 23.3 Å². The van der Waals surface area contributed by atoms with E-state index in [4.69, 9.17) is 18.9 Å². The number of rotatable bonds is 7. The van der Waals surface area contributed by atoms with Crippen LogP contribution in [0.3, 0.4) is 0 Å². The van der Waals surface area contributed by atoms with Crippen LogP contribution in [0, 0.1) is 0 Å². The van der Waals surface area contributed by atoms with Crippen LogP contribution in [0.15, 0.2) is 66.7 Å². The number of carbonyl (C=O) groups is 1. The Kier molecular flexibility index (Phi) is 6.50. The number of nitrogens with zero attached hydrogens (tertiary/aromatic N) is 1. The number of ether oxygens (including phenoxy) is 4. The topological polar surface area (TPSA) is 57.2 Å². The predicted octanol–water partition coefficient (Wildman–Crippen LogP) is 4.53. The van der Waals surface area contributed by atoms with Gasteiger partial charge < -0.3 is 23.8 Å². The first-order chi connectivity index (χ1) is 15.6. The Morgan fingerprint density at radius 2 is 1.59 bits per heavy atom. The maximum absolute atomic E-state index is 13.4. The number of carbonyl (C=O) groups excluding carboxylic acids is 1. The summed E-state index contributed by atoms with van der Waals surface area (Å²) >= 11 is 0. The molecule has 1 aliphatic heterocycles. The Bertz CT molecular complexity index is 1080. The van der Waals surface area contributed by atoms with Gasteiger partial charge in [-0.25, -0.2) is 0 Å². The summed E-state index contributed by atoms with van der Waals surface area (Å²) in [6.45, 7) is 0.885. The van der Waals surface area contributed by atoms with Crippen molar-refractivity contribution in [1.82, 2.24) is 4.90 Å². The molecule has 0 aromatic heterocycles. The number of hydrogen-bond donors (Lipinski definition) is 0. The van der Waals surface area contributed by atoms with Crippen molar-refractivity contribution < 1.29 is 23.7 Å². The van der Waals surface area contributed by atoms with Crippen LogP contribution < -0.4 is 18.9 Å². The molecule has 4 rings (SSSR count). The lowest BCUT2D eigenvalue weighted by Crippen LogP contribution is -2.42. The van der Waals surface area contributed by atoms with E-state index >= 15 is 0 Å². The monoisotopic (exact) mass is 433 g/mol. The SMILES string of the molecule is COc1cccc(OCC2c3cc(OC)c(OC)cc3CCN2C(=O)c2ccccc2)c1. The molecule has 0 bridgehead atoms. The summed E-state index contributed by atoms with van der Waals surface area (Å²) in [6.07, 6.45) is 0.726. The summed E-state index contributed by atoms with van der Waals surface area (Å²) < 4.78 is 22.5. The van der Waals surface area contributed by atoms with Gasteiger partial charge in [0, 0.05) is 18.2 Å². The summed E-state index contributed by atoms with van der Waals surface area (Å²) in [4.78, 5) is 15.3. The van der Waals surface area contributed by atoms with Crippen LogP contribution in [-0.2, 0) is 6.42 Å². The van der Waals surface area contributed by atoms with Crippen molar-refractivity contribution in [3.8, 4) is 23.0 Å². The van der Waals surface area contributed by atoms with Crippen LogP contribution in [0.4, 0.5) is 0 Å². The van der Waals surface area contributed by atoms with E-state index in [1.807, 2.05) is 71.6 Å². The average molecular weight is 434 g/mol. The summed E-state index contributed by atoms with van der Waals surface area (Å²) in [5, 5.41) is 0. The van der Waals surface area contributed by atoms with Gasteiger partial charge in [-0.05, 0) is 53.9 Å². The van der Waals surface area contributed by atoms with Gasteiger partial charge in [-0.1, -0.05) is 24.3 Å². The van der Waals surface area contributed by atoms with Crippen LogP contribution >= 0.6 is 0 Å². The molecular formula is C26H27NO5. The van der Waals surface area contributed by atoms with E-state index in [-0.39, 0.29) is 11.9 Å². The second kappa shape index (κ2) is 9.64. The highest BCUT2D eigenvalue weighted by molar-refractivity contribution is 5.94. The minimum atomic E-state index is -0.280. The van der Waals surface area contributed by atoms with E-state index in [1.165, 1.54) is 0 Å². The van der Waals surface area contributed by atoms with E-state index in [1.54, 1.807) is 21.3 Å². The van der Waals surface area contributed by atoms with Gasteiger partial charge in [-0.15, -0.1) is 0 Å². The van der Waals surface area contributed by atoms with Crippen LogP contribution in [-0.4, -0.2) is 45.3 Å².